The molecule has 1 aromatic rings. The average molecular weight is 319 g/mol. The van der Waals surface area contributed by atoms with E-state index in [2.05, 4.69) is 24.5 Å². The van der Waals surface area contributed by atoms with Crippen LogP contribution in [0, 0.1) is 5.92 Å². The topological polar surface area (TPSA) is 70.7 Å². The van der Waals surface area contributed by atoms with E-state index in [1.807, 2.05) is 4.90 Å². The minimum atomic E-state index is -0.189. The van der Waals surface area contributed by atoms with Gasteiger partial charge in [0.1, 0.15) is 5.75 Å². The number of amides is 3. The number of ether oxygens (including phenoxy) is 1. The van der Waals surface area contributed by atoms with Gasteiger partial charge in [0, 0.05) is 25.2 Å². The Morgan fingerprint density at radius 2 is 2.04 bits per heavy atom. The second kappa shape index (κ2) is 7.35. The molecule has 0 aromatic heterocycles. The van der Waals surface area contributed by atoms with Gasteiger partial charge < -0.3 is 20.3 Å². The highest BCUT2D eigenvalue weighted by molar-refractivity contribution is 5.94. The zero-order valence-electron chi connectivity index (χ0n) is 14.2. The minimum Gasteiger partial charge on any atom is -0.495 e. The highest BCUT2D eigenvalue weighted by atomic mass is 16.5. The van der Waals surface area contributed by atoms with E-state index < -0.39 is 0 Å². The summed E-state index contributed by atoms with van der Waals surface area (Å²) in [6.45, 7) is 6.49. The largest absolute Gasteiger partial charge is 0.495 e. The lowest BCUT2D eigenvalue weighted by atomic mass is 10.0. The van der Waals surface area contributed by atoms with E-state index in [-0.39, 0.29) is 18.0 Å². The summed E-state index contributed by atoms with van der Waals surface area (Å²) in [4.78, 5) is 25.7. The van der Waals surface area contributed by atoms with Crippen molar-refractivity contribution < 1.29 is 14.3 Å². The van der Waals surface area contributed by atoms with Crippen LogP contribution in [0.25, 0.3) is 0 Å². The Morgan fingerprint density at radius 3 is 2.65 bits per heavy atom. The molecule has 23 heavy (non-hydrogen) atoms. The fraction of sp³-hybridized carbons (Fsp3) is 0.529. The van der Waals surface area contributed by atoms with Crippen LogP contribution in [-0.4, -0.2) is 36.5 Å². The zero-order chi connectivity index (χ0) is 17.0. The van der Waals surface area contributed by atoms with Gasteiger partial charge in [-0.15, -0.1) is 0 Å². The van der Waals surface area contributed by atoms with E-state index in [9.17, 15) is 9.59 Å². The predicted octanol–water partition coefficient (Wildman–Crippen LogP) is 3.31. The molecule has 1 fully saturated rings. The van der Waals surface area contributed by atoms with Crippen LogP contribution in [0.15, 0.2) is 18.2 Å². The molecule has 0 bridgehead atoms. The van der Waals surface area contributed by atoms with Gasteiger partial charge in [-0.2, -0.15) is 0 Å². The van der Waals surface area contributed by atoms with Crippen LogP contribution in [0.5, 0.6) is 5.75 Å². The number of nitrogens with zero attached hydrogens (tertiary/aromatic N) is 1. The SMILES string of the molecule is COc1ccc(NC(=O)N2CCC[C@H]2C(C)C)cc1NC(C)=O. The third kappa shape index (κ3) is 4.15. The predicted molar refractivity (Wildman–Crippen MR) is 90.9 cm³/mol. The van der Waals surface area contributed by atoms with Crippen LogP contribution in [0.4, 0.5) is 16.2 Å². The van der Waals surface area contributed by atoms with Crippen molar-refractivity contribution >= 4 is 23.3 Å². The van der Waals surface area contributed by atoms with E-state index in [0.29, 0.717) is 23.0 Å². The van der Waals surface area contributed by atoms with Crippen molar-refractivity contribution in [1.82, 2.24) is 4.90 Å². The Labute approximate surface area is 137 Å². The minimum absolute atomic E-state index is 0.0971. The Morgan fingerprint density at radius 1 is 1.30 bits per heavy atom. The average Bonchev–Trinajstić information content (AvgIpc) is 2.96. The number of hydrogen-bond donors (Lipinski definition) is 2. The standard InChI is InChI=1S/C17H25N3O3/c1-11(2)15-6-5-9-20(15)17(22)19-13-7-8-16(23-4)14(10-13)18-12(3)21/h7-8,10-11,15H,5-6,9H2,1-4H3,(H,18,21)(H,19,22)/t15-/m0/s1. The molecule has 0 saturated carbocycles. The van der Waals surface area contributed by atoms with Gasteiger partial charge >= 0.3 is 6.03 Å². The van der Waals surface area contributed by atoms with Gasteiger partial charge in [0.05, 0.1) is 12.8 Å². The summed E-state index contributed by atoms with van der Waals surface area (Å²) >= 11 is 0. The van der Waals surface area contributed by atoms with Gasteiger partial charge in [0.25, 0.3) is 0 Å². The first-order chi connectivity index (χ1) is 10.9. The molecule has 1 atom stereocenters. The van der Waals surface area contributed by atoms with Gasteiger partial charge in [-0.3, -0.25) is 4.79 Å². The molecular weight excluding hydrogens is 294 g/mol. The molecule has 1 aliphatic rings. The highest BCUT2D eigenvalue weighted by Gasteiger charge is 2.30. The lowest BCUT2D eigenvalue weighted by Crippen LogP contribution is -2.41. The first kappa shape index (κ1) is 17.1. The number of carbonyl (C=O) groups is 2. The zero-order valence-corrected chi connectivity index (χ0v) is 14.2. The summed E-state index contributed by atoms with van der Waals surface area (Å²) < 4.78 is 5.22. The molecule has 126 valence electrons. The van der Waals surface area contributed by atoms with Gasteiger partial charge in [0.15, 0.2) is 0 Å². The number of urea groups is 1. The quantitative estimate of drug-likeness (QED) is 0.894. The molecule has 2 N–H and O–H groups in total. The summed E-state index contributed by atoms with van der Waals surface area (Å²) in [6.07, 6.45) is 2.08. The van der Waals surface area contributed by atoms with E-state index in [4.69, 9.17) is 4.74 Å². The van der Waals surface area contributed by atoms with Crippen LogP contribution in [-0.2, 0) is 4.79 Å². The van der Waals surface area contributed by atoms with Gasteiger partial charge in [-0.05, 0) is 37.0 Å². The molecule has 6 nitrogen and oxygen atoms in total. The van der Waals surface area contributed by atoms with Crippen molar-refractivity contribution in [1.29, 1.82) is 0 Å². The Bertz CT molecular complexity index is 586. The lowest BCUT2D eigenvalue weighted by molar-refractivity contribution is -0.114. The maximum Gasteiger partial charge on any atom is 0.322 e. The van der Waals surface area contributed by atoms with Crippen LogP contribution in [0.2, 0.25) is 0 Å². The van der Waals surface area contributed by atoms with Gasteiger partial charge in [-0.1, -0.05) is 13.8 Å². The monoisotopic (exact) mass is 319 g/mol. The molecule has 0 unspecified atom stereocenters. The maximum absolute atomic E-state index is 12.5. The second-order valence-corrected chi connectivity index (χ2v) is 6.17. The fourth-order valence-corrected chi connectivity index (χ4v) is 3.01. The van der Waals surface area contributed by atoms with E-state index in [1.54, 1.807) is 18.2 Å². The number of benzene rings is 1. The normalized spacial score (nSPS) is 17.3. The molecule has 1 saturated heterocycles. The smallest absolute Gasteiger partial charge is 0.322 e. The molecule has 2 rings (SSSR count). The third-order valence-corrected chi connectivity index (χ3v) is 4.09. The molecule has 1 aliphatic heterocycles. The van der Waals surface area contributed by atoms with Crippen molar-refractivity contribution in [3.8, 4) is 5.75 Å². The number of nitrogens with one attached hydrogen (secondary N) is 2. The van der Waals surface area contributed by atoms with Crippen molar-refractivity contribution in [2.24, 2.45) is 5.92 Å². The number of carbonyl (C=O) groups excluding carboxylic acids is 2. The summed E-state index contributed by atoms with van der Waals surface area (Å²) in [5.41, 5.74) is 1.17. The molecule has 3 amide bonds. The maximum atomic E-state index is 12.5. The number of anilines is 2. The molecular formula is C17H25N3O3. The van der Waals surface area contributed by atoms with Crippen LogP contribution in [0.1, 0.15) is 33.6 Å². The lowest BCUT2D eigenvalue weighted by Gasteiger charge is -2.28. The van der Waals surface area contributed by atoms with Gasteiger partial charge in [0.2, 0.25) is 5.91 Å². The summed E-state index contributed by atoms with van der Waals surface area (Å²) in [6, 6.07) is 5.38. The van der Waals surface area contributed by atoms with Crippen LogP contribution < -0.4 is 15.4 Å². The third-order valence-electron chi connectivity index (χ3n) is 4.09. The molecule has 6 heteroatoms. The van der Waals surface area contributed by atoms with Crippen molar-refractivity contribution in [2.45, 2.75) is 39.7 Å². The molecule has 0 spiro atoms. The van der Waals surface area contributed by atoms with Gasteiger partial charge in [-0.25, -0.2) is 4.79 Å². The Kier molecular flexibility index (Phi) is 5.47. The Hall–Kier alpha value is -2.24. The second-order valence-electron chi connectivity index (χ2n) is 6.17. The molecule has 0 radical (unpaired) electrons. The van der Waals surface area contributed by atoms with E-state index >= 15 is 0 Å². The first-order valence-electron chi connectivity index (χ1n) is 7.95. The summed E-state index contributed by atoms with van der Waals surface area (Å²) in [5.74, 6) is 0.805. The first-order valence-corrected chi connectivity index (χ1v) is 7.95. The molecule has 0 aliphatic carbocycles. The highest BCUT2D eigenvalue weighted by Crippen LogP contribution is 2.29. The van der Waals surface area contributed by atoms with E-state index in [0.717, 1.165) is 19.4 Å². The number of rotatable bonds is 4. The number of methoxy groups -OCH3 is 1. The van der Waals surface area contributed by atoms with Crippen LogP contribution >= 0.6 is 0 Å². The molecule has 1 heterocycles. The van der Waals surface area contributed by atoms with Crippen molar-refractivity contribution in [3.05, 3.63) is 18.2 Å². The fourth-order valence-electron chi connectivity index (χ4n) is 3.01. The Balaban J connectivity index is 2.13. The van der Waals surface area contributed by atoms with Crippen molar-refractivity contribution in [3.63, 3.8) is 0 Å². The number of likely N-dealkylation sites (tertiary alicyclic amines) is 1. The van der Waals surface area contributed by atoms with Crippen molar-refractivity contribution in [2.75, 3.05) is 24.3 Å². The summed E-state index contributed by atoms with van der Waals surface area (Å²) in [7, 11) is 1.54. The van der Waals surface area contributed by atoms with Crippen LogP contribution in [0.3, 0.4) is 0 Å². The van der Waals surface area contributed by atoms with E-state index in [1.165, 1.54) is 14.0 Å². The summed E-state index contributed by atoms with van der Waals surface area (Å²) in [5, 5.41) is 5.62. The number of hydrogen-bond acceptors (Lipinski definition) is 3. The molecule has 1 aromatic carbocycles.